The molecule has 0 bridgehead atoms. The molecule has 0 aliphatic carbocycles. The molecule has 0 saturated heterocycles. The van der Waals surface area contributed by atoms with Gasteiger partial charge in [0.25, 0.3) is 11.6 Å². The number of hydrogen-bond donors (Lipinski definition) is 1. The van der Waals surface area contributed by atoms with Crippen molar-refractivity contribution in [3.8, 4) is 23.1 Å². The first-order chi connectivity index (χ1) is 16.7. The summed E-state index contributed by atoms with van der Waals surface area (Å²) in [6.45, 7) is 0. The summed E-state index contributed by atoms with van der Waals surface area (Å²) in [5, 5.41) is 17.7. The summed E-state index contributed by atoms with van der Waals surface area (Å²) in [5.41, 5.74) is 0.494. The fourth-order valence-corrected chi connectivity index (χ4v) is 3.21. The van der Waals surface area contributed by atoms with Gasteiger partial charge in [0, 0.05) is 28.9 Å². The molecule has 0 radical (unpaired) electrons. The molecule has 12 heteroatoms. The number of carbonyl (C=O) groups excluding carboxylic acids is 1. The Labute approximate surface area is 195 Å². The number of carbonyl (C=O) groups is 1. The summed E-state index contributed by atoms with van der Waals surface area (Å²) in [7, 11) is 1.36. The van der Waals surface area contributed by atoms with Gasteiger partial charge in [0.15, 0.2) is 5.82 Å². The number of nitrogens with zero attached hydrogens (tertiary/aromatic N) is 4. The molecule has 178 valence electrons. The highest BCUT2D eigenvalue weighted by Gasteiger charge is 2.30. The minimum absolute atomic E-state index is 0.000200. The van der Waals surface area contributed by atoms with Crippen molar-refractivity contribution in [1.82, 2.24) is 14.8 Å². The molecule has 0 unspecified atom stereocenters. The van der Waals surface area contributed by atoms with Crippen LogP contribution in [-0.2, 0) is 6.18 Å². The second-order valence-electron chi connectivity index (χ2n) is 7.22. The summed E-state index contributed by atoms with van der Waals surface area (Å²) >= 11 is 0. The van der Waals surface area contributed by atoms with Gasteiger partial charge in [0.2, 0.25) is 0 Å². The van der Waals surface area contributed by atoms with Crippen LogP contribution in [0, 0.1) is 10.1 Å². The van der Waals surface area contributed by atoms with Crippen molar-refractivity contribution in [3.05, 3.63) is 94.0 Å². The highest BCUT2D eigenvalue weighted by Crippen LogP contribution is 2.31. The third-order valence-corrected chi connectivity index (χ3v) is 4.93. The first kappa shape index (κ1) is 23.4. The zero-order valence-corrected chi connectivity index (χ0v) is 18.0. The SMILES string of the molecule is COc1nc(-c2ccc(C(F)(F)F)cc2)n(-c2cccc(NC(=O)c3ccc([N+](=O)[O-])cc3)c2)n1. The van der Waals surface area contributed by atoms with Gasteiger partial charge in [-0.25, -0.2) is 4.68 Å². The maximum atomic E-state index is 12.9. The standard InChI is InChI=1S/C23H16F3N5O4/c1-35-22-28-20(14-5-9-16(10-6-14)23(24,25)26)30(29-22)19-4-2-3-17(13-19)27-21(32)15-7-11-18(12-8-15)31(33)34/h2-13H,1H3,(H,27,32). The molecule has 4 rings (SSSR count). The van der Waals surface area contributed by atoms with Gasteiger partial charge in [-0.2, -0.15) is 18.2 Å². The van der Waals surface area contributed by atoms with Gasteiger partial charge in [-0.15, -0.1) is 5.10 Å². The molecule has 0 saturated carbocycles. The Morgan fingerprint density at radius 2 is 1.74 bits per heavy atom. The molecule has 0 aliphatic heterocycles. The van der Waals surface area contributed by atoms with Crippen LogP contribution in [0.3, 0.4) is 0 Å². The van der Waals surface area contributed by atoms with E-state index in [-0.39, 0.29) is 23.1 Å². The Bertz CT molecular complexity index is 1380. The highest BCUT2D eigenvalue weighted by atomic mass is 19.4. The summed E-state index contributed by atoms with van der Waals surface area (Å²) in [6.07, 6.45) is -4.47. The fraction of sp³-hybridized carbons (Fsp3) is 0.0870. The molecule has 0 fully saturated rings. The predicted molar refractivity (Wildman–Crippen MR) is 119 cm³/mol. The Kier molecular flexibility index (Phi) is 6.19. The smallest absolute Gasteiger partial charge is 0.416 e. The average molecular weight is 483 g/mol. The molecule has 9 nitrogen and oxygen atoms in total. The molecular weight excluding hydrogens is 467 g/mol. The van der Waals surface area contributed by atoms with Crippen molar-refractivity contribution in [2.24, 2.45) is 0 Å². The van der Waals surface area contributed by atoms with Gasteiger partial charge in [-0.3, -0.25) is 14.9 Å². The number of nitro groups is 1. The molecule has 35 heavy (non-hydrogen) atoms. The van der Waals surface area contributed by atoms with E-state index in [0.29, 0.717) is 16.9 Å². The van der Waals surface area contributed by atoms with E-state index in [4.69, 9.17) is 4.74 Å². The second kappa shape index (κ2) is 9.25. The van der Waals surface area contributed by atoms with Crippen molar-refractivity contribution >= 4 is 17.3 Å². The maximum absolute atomic E-state index is 12.9. The lowest BCUT2D eigenvalue weighted by atomic mass is 10.1. The van der Waals surface area contributed by atoms with Gasteiger partial charge in [-0.05, 0) is 42.5 Å². The van der Waals surface area contributed by atoms with Gasteiger partial charge in [-0.1, -0.05) is 18.2 Å². The summed E-state index contributed by atoms with van der Waals surface area (Å²) < 4.78 is 45.3. The number of halogens is 3. The quantitative estimate of drug-likeness (QED) is 0.301. The van der Waals surface area contributed by atoms with E-state index in [1.165, 1.54) is 48.2 Å². The van der Waals surface area contributed by atoms with E-state index in [9.17, 15) is 28.1 Å². The summed E-state index contributed by atoms with van der Waals surface area (Å²) in [5.74, 6) is -0.259. The molecule has 4 aromatic rings. The molecular formula is C23H16F3N5O4. The lowest BCUT2D eigenvalue weighted by molar-refractivity contribution is -0.384. The Balaban J connectivity index is 1.63. The molecule has 0 atom stereocenters. The summed E-state index contributed by atoms with van der Waals surface area (Å²) in [4.78, 5) is 27.0. The number of ether oxygens (including phenoxy) is 1. The van der Waals surface area contributed by atoms with E-state index in [0.717, 1.165) is 12.1 Å². The fourth-order valence-electron chi connectivity index (χ4n) is 3.21. The molecule has 1 N–H and O–H groups in total. The number of alkyl halides is 3. The topological polar surface area (TPSA) is 112 Å². The first-order valence-corrected chi connectivity index (χ1v) is 10.0. The van der Waals surface area contributed by atoms with Gasteiger partial charge < -0.3 is 10.1 Å². The predicted octanol–water partition coefficient (Wildman–Crippen LogP) is 5.12. The van der Waals surface area contributed by atoms with Gasteiger partial charge >= 0.3 is 12.2 Å². The van der Waals surface area contributed by atoms with Crippen molar-refractivity contribution in [2.45, 2.75) is 6.18 Å². The number of hydrogen-bond acceptors (Lipinski definition) is 6. The van der Waals surface area contributed by atoms with Crippen LogP contribution in [0.4, 0.5) is 24.5 Å². The highest BCUT2D eigenvalue weighted by molar-refractivity contribution is 6.04. The van der Waals surface area contributed by atoms with Crippen LogP contribution in [0.25, 0.3) is 17.1 Å². The summed E-state index contributed by atoms with van der Waals surface area (Å²) in [6, 6.07) is 16.1. The number of nitrogens with one attached hydrogen (secondary N) is 1. The Morgan fingerprint density at radius 3 is 2.34 bits per heavy atom. The number of nitro benzene ring substituents is 1. The van der Waals surface area contributed by atoms with Crippen LogP contribution in [0.2, 0.25) is 0 Å². The maximum Gasteiger partial charge on any atom is 0.416 e. The molecule has 3 aromatic carbocycles. The Morgan fingerprint density at radius 1 is 1.06 bits per heavy atom. The van der Waals surface area contributed by atoms with Crippen molar-refractivity contribution in [2.75, 3.05) is 12.4 Å². The van der Waals surface area contributed by atoms with E-state index >= 15 is 0 Å². The van der Waals surface area contributed by atoms with Crippen LogP contribution >= 0.6 is 0 Å². The van der Waals surface area contributed by atoms with Crippen molar-refractivity contribution in [1.29, 1.82) is 0 Å². The van der Waals surface area contributed by atoms with Crippen molar-refractivity contribution in [3.63, 3.8) is 0 Å². The van der Waals surface area contributed by atoms with Crippen molar-refractivity contribution < 1.29 is 27.6 Å². The van der Waals surface area contributed by atoms with Gasteiger partial charge in [0.05, 0.1) is 23.3 Å². The van der Waals surface area contributed by atoms with Crippen LogP contribution < -0.4 is 10.1 Å². The number of non-ortho nitro benzene ring substituents is 1. The monoisotopic (exact) mass is 483 g/mol. The molecule has 1 heterocycles. The van der Waals surface area contributed by atoms with Crippen LogP contribution in [0.1, 0.15) is 15.9 Å². The number of amides is 1. The minimum atomic E-state index is -4.47. The zero-order valence-electron chi connectivity index (χ0n) is 18.0. The van der Waals surface area contributed by atoms with Crippen LogP contribution in [-0.4, -0.2) is 32.7 Å². The average Bonchev–Trinajstić information content (AvgIpc) is 3.28. The number of anilines is 1. The molecule has 1 amide bonds. The lowest BCUT2D eigenvalue weighted by Crippen LogP contribution is -2.12. The lowest BCUT2D eigenvalue weighted by Gasteiger charge is -2.10. The number of methoxy groups -OCH3 is 1. The third kappa shape index (κ3) is 5.11. The van der Waals surface area contributed by atoms with E-state index in [1.54, 1.807) is 24.3 Å². The number of aromatic nitrogens is 3. The normalized spacial score (nSPS) is 11.2. The molecule has 0 aliphatic rings. The first-order valence-electron chi connectivity index (χ1n) is 10.0. The van der Waals surface area contributed by atoms with Crippen LogP contribution in [0.15, 0.2) is 72.8 Å². The third-order valence-electron chi connectivity index (χ3n) is 4.93. The largest absolute Gasteiger partial charge is 0.466 e. The van der Waals surface area contributed by atoms with E-state index in [1.807, 2.05) is 0 Å². The minimum Gasteiger partial charge on any atom is -0.466 e. The molecule has 0 spiro atoms. The number of benzene rings is 3. The zero-order chi connectivity index (χ0) is 25.2. The van der Waals surface area contributed by atoms with Crippen LogP contribution in [0.5, 0.6) is 6.01 Å². The second-order valence-corrected chi connectivity index (χ2v) is 7.22. The Hall–Kier alpha value is -4.74. The van der Waals surface area contributed by atoms with Gasteiger partial charge in [0.1, 0.15) is 0 Å². The molecule has 1 aromatic heterocycles. The van der Waals surface area contributed by atoms with E-state index in [2.05, 4.69) is 15.4 Å². The number of rotatable bonds is 6. The van der Waals surface area contributed by atoms with E-state index < -0.39 is 22.6 Å².